The summed E-state index contributed by atoms with van der Waals surface area (Å²) in [6.45, 7) is 5.33. The van der Waals surface area contributed by atoms with Crippen molar-refractivity contribution in [2.45, 2.75) is 31.6 Å². The number of nitrogens with one attached hydrogen (secondary N) is 2. The lowest BCUT2D eigenvalue weighted by Crippen LogP contribution is -2.29. The highest BCUT2D eigenvalue weighted by atomic mass is 32.2. The second-order valence-corrected chi connectivity index (χ2v) is 9.69. The Hall–Kier alpha value is -3.33. The molecule has 0 aromatic heterocycles. The lowest BCUT2D eigenvalue weighted by molar-refractivity contribution is -0.111. The maximum Gasteiger partial charge on any atom is 0.262 e. The third kappa shape index (κ3) is 7.08. The molecule has 2 aromatic rings. The fourth-order valence-corrected chi connectivity index (χ4v) is 4.23. The Morgan fingerprint density at radius 3 is 2.70 bits per heavy atom. The normalized spacial score (nSPS) is 13.8. The van der Waals surface area contributed by atoms with E-state index in [4.69, 9.17) is 9.47 Å². The van der Waals surface area contributed by atoms with Gasteiger partial charge in [-0.1, -0.05) is 26.0 Å². The van der Waals surface area contributed by atoms with E-state index in [0.29, 0.717) is 48.5 Å². The van der Waals surface area contributed by atoms with Gasteiger partial charge in [-0.25, -0.2) is 8.42 Å². The van der Waals surface area contributed by atoms with Crippen LogP contribution in [0.25, 0.3) is 6.08 Å². The van der Waals surface area contributed by atoms with Gasteiger partial charge in [-0.05, 0) is 54.3 Å². The van der Waals surface area contributed by atoms with Gasteiger partial charge in [0.1, 0.15) is 5.84 Å². The van der Waals surface area contributed by atoms with E-state index in [9.17, 15) is 13.2 Å². The molecule has 33 heavy (non-hydrogen) atoms. The first kappa shape index (κ1) is 24.3. The molecule has 0 bridgehead atoms. The molecule has 2 N–H and O–H groups in total. The Morgan fingerprint density at radius 1 is 1.18 bits per heavy atom. The van der Waals surface area contributed by atoms with E-state index in [1.165, 1.54) is 18.2 Å². The van der Waals surface area contributed by atoms with Gasteiger partial charge in [-0.15, -0.1) is 0 Å². The first-order valence-corrected chi connectivity index (χ1v) is 12.2. The summed E-state index contributed by atoms with van der Waals surface area (Å²) < 4.78 is 38.8. The number of carbonyl (C=O) groups is 1. The van der Waals surface area contributed by atoms with Gasteiger partial charge in [-0.3, -0.25) is 14.5 Å². The number of hydrogen-bond donors (Lipinski definition) is 2. The molecule has 0 spiro atoms. The number of ether oxygens (including phenoxy) is 2. The molecule has 1 amide bonds. The number of amides is 1. The van der Waals surface area contributed by atoms with Gasteiger partial charge in [0.2, 0.25) is 5.91 Å². The molecular weight excluding hydrogens is 442 g/mol. The lowest BCUT2D eigenvalue weighted by atomic mass is 10.2. The molecule has 0 radical (unpaired) electrons. The standard InChI is InChI=1S/C24H29N3O5S/c1-17(2)16-32-21-11-9-18(14-22(21)31-3)10-12-24(28)26-19-6-4-7-20(15-19)33(29,30)27-23-8-5-13-25-23/h4,6-7,9-12,14-15,17H,5,8,13,16H2,1-3H3,(H,25,27)(H,26,28)/b12-10+. The number of rotatable bonds is 9. The minimum Gasteiger partial charge on any atom is -0.493 e. The molecule has 0 atom stereocenters. The van der Waals surface area contributed by atoms with Crippen molar-refractivity contribution in [2.75, 3.05) is 25.6 Å². The topological polar surface area (TPSA) is 106 Å². The zero-order valence-corrected chi connectivity index (χ0v) is 19.8. The molecule has 0 saturated heterocycles. The summed E-state index contributed by atoms with van der Waals surface area (Å²) in [7, 11) is -2.19. The third-order valence-electron chi connectivity index (χ3n) is 4.73. The molecule has 1 aliphatic heterocycles. The lowest BCUT2D eigenvalue weighted by Gasteiger charge is -2.12. The van der Waals surface area contributed by atoms with Gasteiger partial charge >= 0.3 is 0 Å². The monoisotopic (exact) mass is 471 g/mol. The third-order valence-corrected chi connectivity index (χ3v) is 6.10. The van der Waals surface area contributed by atoms with Crippen LogP contribution in [0.15, 0.2) is 58.4 Å². The maximum absolute atomic E-state index is 12.6. The van der Waals surface area contributed by atoms with E-state index >= 15 is 0 Å². The van der Waals surface area contributed by atoms with Gasteiger partial charge in [0.05, 0.1) is 18.6 Å². The van der Waals surface area contributed by atoms with Crippen LogP contribution in [0.2, 0.25) is 0 Å². The van der Waals surface area contributed by atoms with Crippen molar-refractivity contribution in [3.05, 3.63) is 54.1 Å². The predicted octanol–water partition coefficient (Wildman–Crippen LogP) is 3.85. The molecule has 0 saturated carbocycles. The second-order valence-electron chi connectivity index (χ2n) is 8.00. The summed E-state index contributed by atoms with van der Waals surface area (Å²) in [6, 6.07) is 11.5. The Kier molecular flexibility index (Phi) is 8.11. The SMILES string of the molecule is COc1cc(/C=C/C(=O)Nc2cccc(S(=O)(=O)NC3=NCCC3)c2)ccc1OCC(C)C. The summed E-state index contributed by atoms with van der Waals surface area (Å²) in [4.78, 5) is 16.6. The van der Waals surface area contributed by atoms with E-state index in [1.807, 2.05) is 6.07 Å². The quantitative estimate of drug-likeness (QED) is 0.541. The van der Waals surface area contributed by atoms with E-state index < -0.39 is 15.9 Å². The summed E-state index contributed by atoms with van der Waals surface area (Å²) >= 11 is 0. The van der Waals surface area contributed by atoms with Gasteiger partial charge in [-0.2, -0.15) is 0 Å². The zero-order valence-electron chi connectivity index (χ0n) is 19.0. The van der Waals surface area contributed by atoms with Crippen LogP contribution >= 0.6 is 0 Å². The highest BCUT2D eigenvalue weighted by Crippen LogP contribution is 2.29. The average molecular weight is 472 g/mol. The summed E-state index contributed by atoms with van der Waals surface area (Å²) in [5.74, 6) is 1.68. The van der Waals surface area contributed by atoms with Crippen molar-refractivity contribution in [1.82, 2.24) is 4.72 Å². The van der Waals surface area contributed by atoms with E-state index in [2.05, 4.69) is 28.9 Å². The van der Waals surface area contributed by atoms with Crippen LogP contribution in [0.3, 0.4) is 0 Å². The van der Waals surface area contributed by atoms with Gasteiger partial charge in [0.25, 0.3) is 10.0 Å². The molecule has 2 aromatic carbocycles. The highest BCUT2D eigenvalue weighted by Gasteiger charge is 2.18. The number of benzene rings is 2. The number of hydrogen-bond acceptors (Lipinski definition) is 6. The van der Waals surface area contributed by atoms with Crippen LogP contribution in [0, 0.1) is 5.92 Å². The van der Waals surface area contributed by atoms with Crippen LogP contribution in [0.4, 0.5) is 5.69 Å². The van der Waals surface area contributed by atoms with Crippen molar-refractivity contribution in [2.24, 2.45) is 10.9 Å². The van der Waals surface area contributed by atoms with Crippen molar-refractivity contribution in [1.29, 1.82) is 0 Å². The van der Waals surface area contributed by atoms with Crippen molar-refractivity contribution in [3.8, 4) is 11.5 Å². The minimum atomic E-state index is -3.76. The summed E-state index contributed by atoms with van der Waals surface area (Å²) in [5.41, 5.74) is 1.13. The Morgan fingerprint density at radius 2 is 2.00 bits per heavy atom. The van der Waals surface area contributed by atoms with E-state index in [1.54, 1.807) is 37.5 Å². The smallest absolute Gasteiger partial charge is 0.262 e. The first-order valence-electron chi connectivity index (χ1n) is 10.7. The fourth-order valence-electron chi connectivity index (χ4n) is 3.10. The number of amidine groups is 1. The van der Waals surface area contributed by atoms with Crippen LogP contribution in [-0.4, -0.2) is 40.4 Å². The first-order chi connectivity index (χ1) is 15.8. The van der Waals surface area contributed by atoms with Crippen LogP contribution in [0.5, 0.6) is 11.5 Å². The molecule has 0 aliphatic carbocycles. The van der Waals surface area contributed by atoms with Crippen LogP contribution in [0.1, 0.15) is 32.3 Å². The molecule has 8 nitrogen and oxygen atoms in total. The maximum atomic E-state index is 12.6. The number of methoxy groups -OCH3 is 1. The molecule has 3 rings (SSSR count). The largest absolute Gasteiger partial charge is 0.493 e. The summed E-state index contributed by atoms with van der Waals surface area (Å²) in [5, 5.41) is 2.69. The van der Waals surface area contributed by atoms with Gasteiger partial charge in [0.15, 0.2) is 11.5 Å². The van der Waals surface area contributed by atoms with Crippen LogP contribution in [-0.2, 0) is 14.8 Å². The molecular formula is C24H29N3O5S. The fraction of sp³-hybridized carbons (Fsp3) is 0.333. The molecule has 1 heterocycles. The molecule has 0 unspecified atom stereocenters. The number of anilines is 1. The Balaban J connectivity index is 1.65. The van der Waals surface area contributed by atoms with Gasteiger partial charge < -0.3 is 14.8 Å². The van der Waals surface area contributed by atoms with Gasteiger partial charge in [0, 0.05) is 24.7 Å². The zero-order chi connectivity index (χ0) is 23.8. The van der Waals surface area contributed by atoms with Crippen molar-refractivity contribution < 1.29 is 22.7 Å². The highest BCUT2D eigenvalue weighted by molar-refractivity contribution is 7.90. The Bertz CT molecular complexity index is 1160. The second kappa shape index (κ2) is 11.0. The molecule has 9 heteroatoms. The number of nitrogens with zero attached hydrogens (tertiary/aromatic N) is 1. The molecule has 1 aliphatic rings. The minimum absolute atomic E-state index is 0.0561. The molecule has 176 valence electrons. The number of carbonyl (C=O) groups excluding carboxylic acids is 1. The summed E-state index contributed by atoms with van der Waals surface area (Å²) in [6.07, 6.45) is 4.45. The number of aliphatic imine (C=N–C) groups is 1. The predicted molar refractivity (Wildman–Crippen MR) is 129 cm³/mol. The molecule has 0 fully saturated rings. The Labute approximate surface area is 194 Å². The van der Waals surface area contributed by atoms with Crippen molar-refractivity contribution in [3.63, 3.8) is 0 Å². The van der Waals surface area contributed by atoms with Crippen LogP contribution < -0.4 is 19.5 Å². The average Bonchev–Trinajstić information content (AvgIpc) is 3.29. The number of sulfonamides is 1. The van der Waals surface area contributed by atoms with E-state index in [0.717, 1.165) is 12.0 Å². The van der Waals surface area contributed by atoms with E-state index in [-0.39, 0.29) is 4.90 Å². The van der Waals surface area contributed by atoms with Crippen molar-refractivity contribution >= 4 is 33.5 Å².